The summed E-state index contributed by atoms with van der Waals surface area (Å²) in [4.78, 5) is 10.8. The van der Waals surface area contributed by atoms with Crippen LogP contribution < -0.4 is 9.47 Å². The summed E-state index contributed by atoms with van der Waals surface area (Å²) >= 11 is 5.34. The number of carbonyl (C=O) groups is 1. The molecule has 0 fully saturated rings. The first-order valence-electron chi connectivity index (χ1n) is 4.48. The Labute approximate surface area is 93.9 Å². The Morgan fingerprint density at radius 3 is 2.27 bits per heavy atom. The van der Waals surface area contributed by atoms with E-state index in [2.05, 4.69) is 0 Å². The standard InChI is InChI=1S/C11H13ClO3/c1-7-4-9(14-2)10(15-3)5-8(7)6-11(12)13/h4-5H,6H2,1-3H3. The van der Waals surface area contributed by atoms with Gasteiger partial charge in [0.1, 0.15) is 0 Å². The summed E-state index contributed by atoms with van der Waals surface area (Å²) in [7, 11) is 3.13. The first-order valence-corrected chi connectivity index (χ1v) is 4.86. The minimum atomic E-state index is -0.384. The van der Waals surface area contributed by atoms with Crippen molar-refractivity contribution in [1.82, 2.24) is 0 Å². The molecule has 0 aliphatic rings. The van der Waals surface area contributed by atoms with Crippen LogP contribution in [0, 0.1) is 6.92 Å². The van der Waals surface area contributed by atoms with Crippen LogP contribution in [0.25, 0.3) is 0 Å². The van der Waals surface area contributed by atoms with Crippen LogP contribution in [0.4, 0.5) is 0 Å². The second-order valence-corrected chi connectivity index (χ2v) is 3.59. The summed E-state index contributed by atoms with van der Waals surface area (Å²) in [5, 5.41) is -0.384. The Balaban J connectivity index is 3.13. The topological polar surface area (TPSA) is 35.5 Å². The highest BCUT2D eigenvalue weighted by Crippen LogP contribution is 2.30. The molecule has 0 heterocycles. The third-order valence-electron chi connectivity index (χ3n) is 2.17. The maximum atomic E-state index is 10.8. The van der Waals surface area contributed by atoms with Crippen LogP contribution in [0.15, 0.2) is 12.1 Å². The van der Waals surface area contributed by atoms with Gasteiger partial charge in [0.15, 0.2) is 11.5 Å². The average molecular weight is 229 g/mol. The van der Waals surface area contributed by atoms with Gasteiger partial charge in [0.25, 0.3) is 0 Å². The molecule has 0 atom stereocenters. The zero-order valence-corrected chi connectivity index (χ0v) is 9.72. The molecule has 0 unspecified atom stereocenters. The molecular formula is C11H13ClO3. The maximum Gasteiger partial charge on any atom is 0.226 e. The predicted molar refractivity (Wildman–Crippen MR) is 58.8 cm³/mol. The van der Waals surface area contributed by atoms with Gasteiger partial charge in [0.2, 0.25) is 5.24 Å². The molecule has 0 saturated heterocycles. The van der Waals surface area contributed by atoms with E-state index in [1.807, 2.05) is 13.0 Å². The normalized spacial score (nSPS) is 9.87. The van der Waals surface area contributed by atoms with E-state index in [0.717, 1.165) is 11.1 Å². The molecule has 0 aromatic heterocycles. The fourth-order valence-corrected chi connectivity index (χ4v) is 1.51. The second-order valence-electron chi connectivity index (χ2n) is 3.17. The highest BCUT2D eigenvalue weighted by Gasteiger charge is 2.10. The lowest BCUT2D eigenvalue weighted by molar-refractivity contribution is -0.111. The summed E-state index contributed by atoms with van der Waals surface area (Å²) in [6.07, 6.45) is 0.202. The molecule has 15 heavy (non-hydrogen) atoms. The van der Waals surface area contributed by atoms with Gasteiger partial charge in [-0.2, -0.15) is 0 Å². The lowest BCUT2D eigenvalue weighted by Crippen LogP contribution is -1.99. The Morgan fingerprint density at radius 1 is 1.27 bits per heavy atom. The molecule has 0 saturated carbocycles. The molecule has 3 nitrogen and oxygen atoms in total. The molecule has 1 rings (SSSR count). The summed E-state index contributed by atoms with van der Waals surface area (Å²) in [5.41, 5.74) is 1.81. The number of aryl methyl sites for hydroxylation is 1. The van der Waals surface area contributed by atoms with Crippen LogP contribution in [-0.4, -0.2) is 19.5 Å². The van der Waals surface area contributed by atoms with Crippen molar-refractivity contribution >= 4 is 16.8 Å². The molecular weight excluding hydrogens is 216 g/mol. The molecule has 4 heteroatoms. The zero-order valence-electron chi connectivity index (χ0n) is 8.96. The van der Waals surface area contributed by atoms with Gasteiger partial charge in [0, 0.05) is 6.42 Å². The van der Waals surface area contributed by atoms with E-state index in [1.165, 1.54) is 0 Å². The van der Waals surface area contributed by atoms with Crippen molar-refractivity contribution in [2.75, 3.05) is 14.2 Å². The van der Waals surface area contributed by atoms with Crippen molar-refractivity contribution < 1.29 is 14.3 Å². The monoisotopic (exact) mass is 228 g/mol. The smallest absolute Gasteiger partial charge is 0.226 e. The van der Waals surface area contributed by atoms with Gasteiger partial charge in [-0.05, 0) is 41.8 Å². The van der Waals surface area contributed by atoms with Crippen molar-refractivity contribution in [2.45, 2.75) is 13.3 Å². The van der Waals surface area contributed by atoms with E-state index in [4.69, 9.17) is 21.1 Å². The molecule has 1 aromatic rings. The number of rotatable bonds is 4. The minimum Gasteiger partial charge on any atom is -0.493 e. The third-order valence-corrected chi connectivity index (χ3v) is 2.31. The van der Waals surface area contributed by atoms with Gasteiger partial charge < -0.3 is 9.47 Å². The quantitative estimate of drug-likeness (QED) is 0.742. The molecule has 1 aromatic carbocycles. The molecule has 82 valence electrons. The Bertz CT molecular complexity index is 374. The Kier molecular flexibility index (Phi) is 3.97. The highest BCUT2D eigenvalue weighted by molar-refractivity contribution is 6.63. The van der Waals surface area contributed by atoms with Crippen LogP contribution in [-0.2, 0) is 11.2 Å². The van der Waals surface area contributed by atoms with Crippen molar-refractivity contribution in [3.8, 4) is 11.5 Å². The molecule has 0 amide bonds. The van der Waals surface area contributed by atoms with E-state index in [1.54, 1.807) is 20.3 Å². The first-order chi connectivity index (χ1) is 7.08. The third kappa shape index (κ3) is 2.86. The van der Waals surface area contributed by atoms with Gasteiger partial charge in [-0.25, -0.2) is 0 Å². The zero-order chi connectivity index (χ0) is 11.4. The van der Waals surface area contributed by atoms with Crippen LogP contribution >= 0.6 is 11.6 Å². The molecule has 0 bridgehead atoms. The van der Waals surface area contributed by atoms with Crippen LogP contribution in [0.3, 0.4) is 0 Å². The lowest BCUT2D eigenvalue weighted by Gasteiger charge is -2.11. The SMILES string of the molecule is COc1cc(C)c(CC(=O)Cl)cc1OC. The van der Waals surface area contributed by atoms with E-state index in [-0.39, 0.29) is 11.7 Å². The fraction of sp³-hybridized carbons (Fsp3) is 0.364. The Morgan fingerprint density at radius 2 is 1.80 bits per heavy atom. The molecule has 0 spiro atoms. The highest BCUT2D eigenvalue weighted by atomic mass is 35.5. The molecule has 0 radical (unpaired) electrons. The van der Waals surface area contributed by atoms with E-state index < -0.39 is 0 Å². The number of ether oxygens (including phenoxy) is 2. The lowest BCUT2D eigenvalue weighted by atomic mass is 10.1. The van der Waals surface area contributed by atoms with E-state index >= 15 is 0 Å². The van der Waals surface area contributed by atoms with Gasteiger partial charge in [-0.1, -0.05) is 0 Å². The number of methoxy groups -OCH3 is 2. The predicted octanol–water partition coefficient (Wildman–Crippen LogP) is 2.32. The largest absolute Gasteiger partial charge is 0.493 e. The number of hydrogen-bond donors (Lipinski definition) is 0. The van der Waals surface area contributed by atoms with Crippen LogP contribution in [0.5, 0.6) is 11.5 Å². The summed E-state index contributed by atoms with van der Waals surface area (Å²) in [6.45, 7) is 1.90. The van der Waals surface area contributed by atoms with Gasteiger partial charge in [-0.3, -0.25) is 4.79 Å². The number of carbonyl (C=O) groups excluding carboxylic acids is 1. The average Bonchev–Trinajstić information content (AvgIpc) is 2.19. The van der Waals surface area contributed by atoms with E-state index in [9.17, 15) is 4.79 Å². The van der Waals surface area contributed by atoms with Gasteiger partial charge in [-0.15, -0.1) is 0 Å². The minimum absolute atomic E-state index is 0.202. The molecule has 0 N–H and O–H groups in total. The Hall–Kier alpha value is -1.22. The van der Waals surface area contributed by atoms with Crippen LogP contribution in [0.1, 0.15) is 11.1 Å². The summed E-state index contributed by atoms with van der Waals surface area (Å²) < 4.78 is 10.3. The molecule has 0 aliphatic heterocycles. The van der Waals surface area contributed by atoms with Crippen molar-refractivity contribution in [3.63, 3.8) is 0 Å². The van der Waals surface area contributed by atoms with Crippen molar-refractivity contribution in [2.24, 2.45) is 0 Å². The summed E-state index contributed by atoms with van der Waals surface area (Å²) in [6, 6.07) is 3.60. The maximum absolute atomic E-state index is 10.8. The second kappa shape index (κ2) is 5.03. The van der Waals surface area contributed by atoms with Crippen molar-refractivity contribution in [1.29, 1.82) is 0 Å². The van der Waals surface area contributed by atoms with Gasteiger partial charge in [0.05, 0.1) is 14.2 Å². The number of halogens is 1. The van der Waals surface area contributed by atoms with Crippen molar-refractivity contribution in [3.05, 3.63) is 23.3 Å². The van der Waals surface area contributed by atoms with E-state index in [0.29, 0.717) is 11.5 Å². The number of hydrogen-bond acceptors (Lipinski definition) is 3. The first kappa shape index (κ1) is 11.9. The number of benzene rings is 1. The summed E-state index contributed by atoms with van der Waals surface area (Å²) in [5.74, 6) is 1.26. The van der Waals surface area contributed by atoms with Crippen LogP contribution in [0.2, 0.25) is 0 Å². The van der Waals surface area contributed by atoms with Gasteiger partial charge >= 0.3 is 0 Å². The molecule has 0 aliphatic carbocycles. The fourth-order valence-electron chi connectivity index (χ4n) is 1.36.